The molecule has 2 N–H and O–H groups in total. The zero-order valence-electron chi connectivity index (χ0n) is 22.1. The Labute approximate surface area is 235 Å². The molecular weight excluding hydrogens is 546 g/mol. The standard InChI is InChI=1S/C27H31ClF2N6O2S/c1-35(2)25(37)22(31)21(28)20-13-36(10-4-9-32-20)24-17-14-38-27(12-19(17)33-26(34-24)39-3)8-7-15-5-6-16(23(29)30)11-18(15)27/h5-6,11,23H,4,7-10,12-14,31H2,1-3H3/b22-21+. The molecule has 208 valence electrons. The van der Waals surface area contributed by atoms with Gasteiger partial charge >= 0.3 is 0 Å². The van der Waals surface area contributed by atoms with Crippen molar-refractivity contribution in [3.63, 3.8) is 0 Å². The van der Waals surface area contributed by atoms with Crippen LogP contribution in [0, 0.1) is 0 Å². The number of aryl methyl sites for hydroxylation is 1. The molecule has 1 atom stereocenters. The molecule has 2 aromatic rings. The Kier molecular flexibility index (Phi) is 7.85. The number of anilines is 1. The highest BCUT2D eigenvalue weighted by Crippen LogP contribution is 2.48. The number of ether oxygens (including phenoxy) is 1. The lowest BCUT2D eigenvalue weighted by molar-refractivity contribution is -0.124. The minimum absolute atomic E-state index is 0.00550. The number of hydrogen-bond acceptors (Lipinski definition) is 8. The number of carbonyl (C=O) groups excluding carboxylic acids is 1. The summed E-state index contributed by atoms with van der Waals surface area (Å²) in [6, 6.07) is 4.90. The van der Waals surface area contributed by atoms with Crippen molar-refractivity contribution in [2.24, 2.45) is 10.7 Å². The lowest BCUT2D eigenvalue weighted by atomic mass is 9.86. The summed E-state index contributed by atoms with van der Waals surface area (Å²) in [5, 5.41) is 0.758. The van der Waals surface area contributed by atoms with Gasteiger partial charge in [-0.15, -0.1) is 0 Å². The molecule has 0 fully saturated rings. The van der Waals surface area contributed by atoms with Crippen LogP contribution in [0.3, 0.4) is 0 Å². The monoisotopic (exact) mass is 576 g/mol. The van der Waals surface area contributed by atoms with E-state index in [1.165, 1.54) is 22.7 Å². The van der Waals surface area contributed by atoms with Gasteiger partial charge in [-0.25, -0.2) is 18.7 Å². The first-order valence-corrected chi connectivity index (χ1v) is 14.4. The first kappa shape index (κ1) is 27.8. The average Bonchev–Trinajstić information content (AvgIpc) is 3.10. The Morgan fingerprint density at radius 3 is 2.82 bits per heavy atom. The SMILES string of the molecule is CSc1nc2c(c(N3CCCN=C(/C(Cl)=C(\N)C(=O)N(C)C)C3)n1)COC1(CCc3ccc(C(F)F)cc31)C2. The smallest absolute Gasteiger partial charge is 0.270 e. The van der Waals surface area contributed by atoms with Gasteiger partial charge in [0.1, 0.15) is 11.5 Å². The fourth-order valence-electron chi connectivity index (χ4n) is 5.45. The summed E-state index contributed by atoms with van der Waals surface area (Å²) in [6.45, 7) is 1.79. The molecule has 0 bridgehead atoms. The summed E-state index contributed by atoms with van der Waals surface area (Å²) in [5.41, 5.74) is 9.48. The Balaban J connectivity index is 1.50. The maximum Gasteiger partial charge on any atom is 0.270 e. The van der Waals surface area contributed by atoms with Crippen molar-refractivity contribution >= 4 is 40.8 Å². The lowest BCUT2D eigenvalue weighted by Gasteiger charge is -2.37. The number of nitrogens with zero attached hydrogens (tertiary/aromatic N) is 5. The molecule has 1 aliphatic carbocycles. The van der Waals surface area contributed by atoms with Crippen LogP contribution in [0.5, 0.6) is 0 Å². The number of alkyl halides is 2. The van der Waals surface area contributed by atoms with E-state index in [4.69, 9.17) is 32.0 Å². The van der Waals surface area contributed by atoms with Crippen LogP contribution in [-0.4, -0.2) is 66.5 Å². The Bertz CT molecular complexity index is 1370. The Morgan fingerprint density at radius 2 is 2.10 bits per heavy atom. The largest absolute Gasteiger partial charge is 0.393 e. The summed E-state index contributed by atoms with van der Waals surface area (Å²) < 4.78 is 33.6. The molecule has 1 spiro atoms. The number of carbonyl (C=O) groups is 1. The van der Waals surface area contributed by atoms with Crippen molar-refractivity contribution < 1.29 is 18.3 Å². The second kappa shape index (κ2) is 11.0. The number of hydrogen-bond donors (Lipinski definition) is 1. The Hall–Kier alpha value is -2.76. The summed E-state index contributed by atoms with van der Waals surface area (Å²) in [7, 11) is 3.23. The van der Waals surface area contributed by atoms with Gasteiger partial charge in [0.15, 0.2) is 5.16 Å². The molecule has 1 aromatic heterocycles. The second-order valence-corrected chi connectivity index (χ2v) is 11.3. The zero-order valence-corrected chi connectivity index (χ0v) is 23.7. The predicted molar refractivity (Wildman–Crippen MR) is 149 cm³/mol. The van der Waals surface area contributed by atoms with Crippen molar-refractivity contribution in [2.75, 3.05) is 44.9 Å². The van der Waals surface area contributed by atoms with Gasteiger partial charge in [-0.3, -0.25) is 9.79 Å². The maximum atomic E-state index is 13.5. The van der Waals surface area contributed by atoms with Gasteiger partial charge in [0.2, 0.25) is 0 Å². The highest BCUT2D eigenvalue weighted by atomic mass is 35.5. The van der Waals surface area contributed by atoms with Gasteiger partial charge in [-0.05, 0) is 42.7 Å². The molecule has 5 rings (SSSR count). The number of fused-ring (bicyclic) bond motifs is 3. The molecule has 1 aromatic carbocycles. The number of amides is 1. The van der Waals surface area contributed by atoms with E-state index >= 15 is 0 Å². The minimum Gasteiger partial charge on any atom is -0.393 e. The van der Waals surface area contributed by atoms with Crippen LogP contribution in [0.15, 0.2) is 39.1 Å². The van der Waals surface area contributed by atoms with E-state index in [1.807, 2.05) is 6.26 Å². The third-order valence-electron chi connectivity index (χ3n) is 7.51. The molecule has 3 aliphatic rings. The fraction of sp³-hybridized carbons (Fsp3) is 0.481. The predicted octanol–water partition coefficient (Wildman–Crippen LogP) is 4.20. The maximum absolute atomic E-state index is 13.5. The Morgan fingerprint density at radius 1 is 1.31 bits per heavy atom. The van der Waals surface area contributed by atoms with Gasteiger partial charge in [-0.1, -0.05) is 35.5 Å². The topological polar surface area (TPSA) is 96.9 Å². The van der Waals surface area contributed by atoms with Crippen molar-refractivity contribution in [3.8, 4) is 0 Å². The zero-order chi connectivity index (χ0) is 27.9. The number of benzene rings is 1. The molecule has 1 unspecified atom stereocenters. The van der Waals surface area contributed by atoms with Crippen LogP contribution >= 0.6 is 23.4 Å². The summed E-state index contributed by atoms with van der Waals surface area (Å²) in [6.07, 6.45) is 2.10. The van der Waals surface area contributed by atoms with Crippen molar-refractivity contribution in [1.29, 1.82) is 0 Å². The summed E-state index contributed by atoms with van der Waals surface area (Å²) in [5.74, 6) is 0.350. The van der Waals surface area contributed by atoms with E-state index < -0.39 is 12.0 Å². The van der Waals surface area contributed by atoms with Crippen LogP contribution in [0.2, 0.25) is 0 Å². The minimum atomic E-state index is -2.54. The second-order valence-electron chi connectivity index (χ2n) is 10.2. The van der Waals surface area contributed by atoms with E-state index in [1.54, 1.807) is 26.2 Å². The summed E-state index contributed by atoms with van der Waals surface area (Å²) in [4.78, 5) is 30.2. The van der Waals surface area contributed by atoms with Gasteiger partial charge in [0.05, 0.1) is 35.2 Å². The number of likely N-dealkylation sites (N-methyl/N-ethyl adjacent to an activating group) is 1. The highest BCUT2D eigenvalue weighted by molar-refractivity contribution is 7.98. The number of nitrogens with two attached hydrogens (primary N) is 1. The van der Waals surface area contributed by atoms with Crippen LogP contribution in [0.1, 0.15) is 47.2 Å². The van der Waals surface area contributed by atoms with E-state index in [0.29, 0.717) is 43.3 Å². The van der Waals surface area contributed by atoms with Crippen molar-refractivity contribution in [2.45, 2.75) is 49.5 Å². The normalized spacial score (nSPS) is 21.3. The number of halogens is 3. The molecule has 1 amide bonds. The number of thioether (sulfide) groups is 1. The van der Waals surface area contributed by atoms with Gasteiger partial charge in [0.25, 0.3) is 12.3 Å². The highest BCUT2D eigenvalue weighted by Gasteiger charge is 2.45. The third-order valence-corrected chi connectivity index (χ3v) is 8.48. The quantitative estimate of drug-likeness (QED) is 0.324. The van der Waals surface area contributed by atoms with Gasteiger partial charge in [0, 0.05) is 44.7 Å². The van der Waals surface area contributed by atoms with Crippen LogP contribution < -0.4 is 10.6 Å². The summed E-state index contributed by atoms with van der Waals surface area (Å²) >= 11 is 8.02. The molecule has 2 aliphatic heterocycles. The van der Waals surface area contributed by atoms with E-state index in [2.05, 4.69) is 9.89 Å². The lowest BCUT2D eigenvalue weighted by Crippen LogP contribution is -2.38. The van der Waals surface area contributed by atoms with Crippen LogP contribution in [0.25, 0.3) is 0 Å². The fourth-order valence-corrected chi connectivity index (χ4v) is 6.03. The first-order chi connectivity index (χ1) is 18.6. The van der Waals surface area contributed by atoms with Crippen LogP contribution in [-0.2, 0) is 34.6 Å². The molecule has 8 nitrogen and oxygen atoms in total. The average molecular weight is 577 g/mol. The first-order valence-electron chi connectivity index (χ1n) is 12.8. The third kappa shape index (κ3) is 5.24. The molecule has 0 saturated carbocycles. The molecule has 12 heteroatoms. The van der Waals surface area contributed by atoms with Crippen LogP contribution in [0.4, 0.5) is 14.6 Å². The molecule has 0 saturated heterocycles. The van der Waals surface area contributed by atoms with Crippen molar-refractivity contribution in [3.05, 3.63) is 56.9 Å². The van der Waals surface area contributed by atoms with E-state index in [-0.39, 0.29) is 28.8 Å². The molecule has 0 radical (unpaired) electrons. The number of rotatable bonds is 5. The molecular formula is C27H31ClF2N6O2S. The van der Waals surface area contributed by atoms with E-state index in [0.717, 1.165) is 41.0 Å². The van der Waals surface area contributed by atoms with Gasteiger partial charge < -0.3 is 20.3 Å². The number of aliphatic imine (C=N–C) groups is 1. The van der Waals surface area contributed by atoms with E-state index in [9.17, 15) is 13.6 Å². The molecule has 3 heterocycles. The van der Waals surface area contributed by atoms with Gasteiger partial charge in [-0.2, -0.15) is 0 Å². The molecule has 39 heavy (non-hydrogen) atoms. The number of aromatic nitrogens is 2. The van der Waals surface area contributed by atoms with Crippen molar-refractivity contribution in [1.82, 2.24) is 14.9 Å².